The fraction of sp³-hybridized carbons (Fsp3) is 0.278. The van der Waals surface area contributed by atoms with Crippen molar-refractivity contribution in [2.24, 2.45) is 0 Å². The van der Waals surface area contributed by atoms with E-state index in [4.69, 9.17) is 9.47 Å². The molecule has 0 aliphatic carbocycles. The van der Waals surface area contributed by atoms with Crippen LogP contribution in [-0.2, 0) is 4.79 Å². The number of hydrogen-bond donors (Lipinski definition) is 1. The molecule has 2 aromatic carbocycles. The molecule has 0 radical (unpaired) electrons. The van der Waals surface area contributed by atoms with Gasteiger partial charge in [-0.25, -0.2) is 8.78 Å². The van der Waals surface area contributed by atoms with Crippen molar-refractivity contribution in [1.29, 1.82) is 0 Å². The second kappa shape index (κ2) is 7.48. The summed E-state index contributed by atoms with van der Waals surface area (Å²) in [6.45, 7) is 0.766. The molecule has 132 valence electrons. The summed E-state index contributed by atoms with van der Waals surface area (Å²) in [6, 6.07) is 10.8. The normalized spacial score (nSPS) is 15.9. The number of rotatable bonds is 5. The van der Waals surface area contributed by atoms with Gasteiger partial charge in [-0.1, -0.05) is 18.2 Å². The lowest BCUT2D eigenvalue weighted by molar-refractivity contribution is -0.117. The van der Waals surface area contributed by atoms with E-state index in [0.717, 1.165) is 12.1 Å². The van der Waals surface area contributed by atoms with Gasteiger partial charge in [0.05, 0.1) is 6.54 Å². The Hall–Kier alpha value is -2.67. The van der Waals surface area contributed by atoms with Crippen LogP contribution in [0.25, 0.3) is 0 Å². The lowest BCUT2D eigenvalue weighted by atomic mass is 10.2. The van der Waals surface area contributed by atoms with E-state index in [9.17, 15) is 13.6 Å². The van der Waals surface area contributed by atoms with Crippen LogP contribution in [0.4, 0.5) is 14.5 Å². The Kier molecular flexibility index (Phi) is 5.14. The first-order chi connectivity index (χ1) is 12.0. The molecular formula is C18H18F2N2O3. The maximum absolute atomic E-state index is 13.6. The second-order valence-electron chi connectivity index (χ2n) is 5.84. The van der Waals surface area contributed by atoms with Crippen LogP contribution >= 0.6 is 0 Å². The number of benzene rings is 2. The Morgan fingerprint density at radius 3 is 2.56 bits per heavy atom. The lowest BCUT2D eigenvalue weighted by Crippen LogP contribution is -2.42. The highest BCUT2D eigenvalue weighted by molar-refractivity contribution is 5.92. The van der Waals surface area contributed by atoms with Crippen molar-refractivity contribution < 1.29 is 23.0 Å². The molecule has 0 saturated heterocycles. The van der Waals surface area contributed by atoms with Crippen LogP contribution in [0.5, 0.6) is 11.5 Å². The quantitative estimate of drug-likeness (QED) is 0.903. The molecule has 7 heteroatoms. The minimum atomic E-state index is -0.809. The smallest absolute Gasteiger partial charge is 0.238 e. The molecule has 0 spiro atoms. The van der Waals surface area contributed by atoms with Crippen molar-refractivity contribution in [3.05, 3.63) is 54.1 Å². The number of anilines is 1. The first-order valence-corrected chi connectivity index (χ1v) is 7.84. The molecule has 1 aliphatic heterocycles. The number of ether oxygens (including phenoxy) is 2. The monoisotopic (exact) mass is 348 g/mol. The Labute approximate surface area is 144 Å². The van der Waals surface area contributed by atoms with Crippen molar-refractivity contribution in [2.45, 2.75) is 6.10 Å². The molecule has 1 unspecified atom stereocenters. The van der Waals surface area contributed by atoms with E-state index in [1.54, 1.807) is 11.9 Å². The number of likely N-dealkylation sites (N-methyl/N-ethyl adjacent to an activating group) is 1. The standard InChI is InChI=1S/C18H18F2N2O3/c1-22(9-12-11-24-15-7-2-3-8-16(15)25-12)10-17(23)21-18-13(19)5-4-6-14(18)20/h2-8,12H,9-11H2,1H3,(H,21,23). The summed E-state index contributed by atoms with van der Waals surface area (Å²) in [5.74, 6) is -0.781. The Bertz CT molecular complexity index is 749. The van der Waals surface area contributed by atoms with Gasteiger partial charge in [-0.2, -0.15) is 0 Å². The maximum atomic E-state index is 13.6. The highest BCUT2D eigenvalue weighted by Crippen LogP contribution is 2.30. The van der Waals surface area contributed by atoms with Crippen molar-refractivity contribution in [2.75, 3.05) is 32.1 Å². The van der Waals surface area contributed by atoms with Crippen LogP contribution in [0.15, 0.2) is 42.5 Å². The van der Waals surface area contributed by atoms with Gasteiger partial charge in [0.25, 0.3) is 0 Å². The van der Waals surface area contributed by atoms with E-state index in [1.807, 2.05) is 24.3 Å². The topological polar surface area (TPSA) is 50.8 Å². The first kappa shape index (κ1) is 17.2. The molecule has 1 aliphatic rings. The number of para-hydroxylation sites is 3. The predicted molar refractivity (Wildman–Crippen MR) is 88.8 cm³/mol. The molecule has 0 fully saturated rings. The maximum Gasteiger partial charge on any atom is 0.238 e. The molecule has 1 heterocycles. The number of nitrogens with zero attached hydrogens (tertiary/aromatic N) is 1. The van der Waals surface area contributed by atoms with Gasteiger partial charge in [-0.05, 0) is 31.3 Å². The summed E-state index contributed by atoms with van der Waals surface area (Å²) < 4.78 is 38.6. The van der Waals surface area contributed by atoms with Crippen LogP contribution in [0, 0.1) is 11.6 Å². The predicted octanol–water partition coefficient (Wildman–Crippen LogP) is 2.68. The number of nitrogens with one attached hydrogen (secondary N) is 1. The molecule has 25 heavy (non-hydrogen) atoms. The molecule has 0 bridgehead atoms. The molecule has 1 atom stereocenters. The third-order valence-corrected chi connectivity index (χ3v) is 3.72. The average Bonchev–Trinajstić information content (AvgIpc) is 2.58. The van der Waals surface area contributed by atoms with Crippen molar-refractivity contribution >= 4 is 11.6 Å². The molecule has 3 rings (SSSR count). The van der Waals surface area contributed by atoms with E-state index in [2.05, 4.69) is 5.32 Å². The fourth-order valence-electron chi connectivity index (χ4n) is 2.61. The average molecular weight is 348 g/mol. The SMILES string of the molecule is CN(CC(=O)Nc1c(F)cccc1F)CC1COc2ccccc2O1. The molecule has 5 nitrogen and oxygen atoms in total. The Balaban J connectivity index is 1.53. The van der Waals surface area contributed by atoms with Crippen LogP contribution in [0.2, 0.25) is 0 Å². The molecule has 2 aromatic rings. The van der Waals surface area contributed by atoms with Crippen molar-refractivity contribution in [1.82, 2.24) is 4.90 Å². The minimum absolute atomic E-state index is 0.0325. The van der Waals surface area contributed by atoms with Crippen molar-refractivity contribution in [3.63, 3.8) is 0 Å². The van der Waals surface area contributed by atoms with Gasteiger partial charge in [0, 0.05) is 6.54 Å². The second-order valence-corrected chi connectivity index (χ2v) is 5.84. The summed E-state index contributed by atoms with van der Waals surface area (Å²) in [4.78, 5) is 13.7. The number of hydrogen-bond acceptors (Lipinski definition) is 4. The summed E-state index contributed by atoms with van der Waals surface area (Å²) in [5, 5.41) is 2.26. The van der Waals surface area contributed by atoms with Crippen molar-refractivity contribution in [3.8, 4) is 11.5 Å². The number of halogens is 2. The Morgan fingerprint density at radius 2 is 1.84 bits per heavy atom. The van der Waals surface area contributed by atoms with E-state index >= 15 is 0 Å². The third-order valence-electron chi connectivity index (χ3n) is 3.72. The zero-order valence-corrected chi connectivity index (χ0v) is 13.7. The largest absolute Gasteiger partial charge is 0.486 e. The van der Waals surface area contributed by atoms with E-state index in [-0.39, 0.29) is 12.6 Å². The van der Waals surface area contributed by atoms with E-state index < -0.39 is 23.2 Å². The lowest BCUT2D eigenvalue weighted by Gasteiger charge is -2.29. The molecule has 0 saturated carbocycles. The first-order valence-electron chi connectivity index (χ1n) is 7.84. The van der Waals surface area contributed by atoms with Gasteiger partial charge in [-0.3, -0.25) is 9.69 Å². The highest BCUT2D eigenvalue weighted by atomic mass is 19.1. The molecule has 1 amide bonds. The van der Waals surface area contributed by atoms with Gasteiger partial charge in [0.15, 0.2) is 11.5 Å². The zero-order valence-electron chi connectivity index (χ0n) is 13.7. The molecule has 0 aromatic heterocycles. The zero-order chi connectivity index (χ0) is 17.8. The van der Waals surface area contributed by atoms with Gasteiger partial charge in [0.1, 0.15) is 30.0 Å². The number of carbonyl (C=O) groups is 1. The van der Waals surface area contributed by atoms with Gasteiger partial charge < -0.3 is 14.8 Å². The Morgan fingerprint density at radius 1 is 1.16 bits per heavy atom. The molecular weight excluding hydrogens is 330 g/mol. The molecule has 1 N–H and O–H groups in total. The summed E-state index contributed by atoms with van der Waals surface area (Å²) in [5.41, 5.74) is -0.438. The highest BCUT2D eigenvalue weighted by Gasteiger charge is 2.23. The number of fused-ring (bicyclic) bond motifs is 1. The van der Waals surface area contributed by atoms with Gasteiger partial charge >= 0.3 is 0 Å². The summed E-state index contributed by atoms with van der Waals surface area (Å²) in [6.07, 6.45) is -0.238. The van der Waals surface area contributed by atoms with Crippen LogP contribution in [0.1, 0.15) is 0 Å². The fourth-order valence-corrected chi connectivity index (χ4v) is 2.61. The van der Waals surface area contributed by atoms with Gasteiger partial charge in [0.2, 0.25) is 5.91 Å². The third kappa shape index (κ3) is 4.24. The van der Waals surface area contributed by atoms with Crippen LogP contribution < -0.4 is 14.8 Å². The van der Waals surface area contributed by atoms with Crippen LogP contribution in [-0.4, -0.2) is 43.7 Å². The van der Waals surface area contributed by atoms with E-state index in [0.29, 0.717) is 24.7 Å². The number of carbonyl (C=O) groups excluding carboxylic acids is 1. The van der Waals surface area contributed by atoms with Gasteiger partial charge in [-0.15, -0.1) is 0 Å². The minimum Gasteiger partial charge on any atom is -0.486 e. The summed E-state index contributed by atoms with van der Waals surface area (Å²) >= 11 is 0. The van der Waals surface area contributed by atoms with Crippen LogP contribution in [0.3, 0.4) is 0 Å². The summed E-state index contributed by atoms with van der Waals surface area (Å²) in [7, 11) is 1.72. The number of amides is 1. The van der Waals surface area contributed by atoms with E-state index in [1.165, 1.54) is 6.07 Å².